The van der Waals surface area contributed by atoms with E-state index in [0.717, 1.165) is 25.7 Å². The van der Waals surface area contributed by atoms with E-state index < -0.39 is 89.4 Å². The van der Waals surface area contributed by atoms with Crippen LogP contribution in [0.15, 0.2) is 0 Å². The third-order valence-corrected chi connectivity index (χ3v) is 15.4. The molecular weight excluding hydrogens is 733 g/mol. The third kappa shape index (κ3) is 9.37. The van der Waals surface area contributed by atoms with Crippen molar-refractivity contribution < 1.29 is 37.1 Å². The summed E-state index contributed by atoms with van der Waals surface area (Å²) >= 11 is 13.2. The molecule has 0 aromatic heterocycles. The van der Waals surface area contributed by atoms with Gasteiger partial charge in [-0.25, -0.2) is 13.2 Å². The van der Waals surface area contributed by atoms with Gasteiger partial charge >= 0.3 is 6.03 Å². The van der Waals surface area contributed by atoms with Gasteiger partial charge < -0.3 is 30.9 Å². The highest BCUT2D eigenvalue weighted by atomic mass is 35.5. The molecule has 2 saturated carbocycles. The van der Waals surface area contributed by atoms with Crippen molar-refractivity contribution >= 4 is 62.6 Å². The fourth-order valence-corrected chi connectivity index (χ4v) is 11.0. The van der Waals surface area contributed by atoms with Crippen molar-refractivity contribution in [3.63, 3.8) is 0 Å². The number of nitrogens with one attached hydrogen (secondary N) is 4. The number of Topliss-reactive ketones (excluding diaryl/α,β-unsaturated/α-hetero) is 1. The molecule has 5 atom stereocenters. The number of carbonyl (C=O) groups excluding carboxylic acids is 5. The molecule has 2 saturated heterocycles. The van der Waals surface area contributed by atoms with E-state index in [2.05, 4.69) is 21.3 Å². The SMILES string of the molecule is CCCC[C@H](NC(=O)[C@@H]1[C@@H]2[C@H](CN1C(=O)[C@@H](NC(=O)NC1(CS(=O)(=O)C3(C)CCOCC3)CCCCC1)C(C)(C)C)C2(Cl)Cl)C(=O)C(=O)NCCC. The van der Waals surface area contributed by atoms with Gasteiger partial charge in [0, 0.05) is 38.1 Å². The van der Waals surface area contributed by atoms with Crippen LogP contribution in [0.1, 0.15) is 112 Å². The van der Waals surface area contributed by atoms with Crippen LogP contribution < -0.4 is 21.3 Å². The molecule has 0 aromatic rings. The Balaban J connectivity index is 1.54. The number of likely N-dealkylation sites (tertiary alicyclic amines) is 1. The summed E-state index contributed by atoms with van der Waals surface area (Å²) in [6.07, 6.45) is 6.35. The summed E-state index contributed by atoms with van der Waals surface area (Å²) in [5, 5.41) is 11.2. The quantitative estimate of drug-likeness (QED) is 0.143. The fraction of sp³-hybridized carbons (Fsp3) is 0.861. The van der Waals surface area contributed by atoms with Gasteiger partial charge in [0.2, 0.25) is 17.6 Å². The van der Waals surface area contributed by atoms with Crippen molar-refractivity contribution in [1.29, 1.82) is 0 Å². The van der Waals surface area contributed by atoms with Crippen LogP contribution in [-0.2, 0) is 33.8 Å². The van der Waals surface area contributed by atoms with Crippen LogP contribution in [0.25, 0.3) is 0 Å². The summed E-state index contributed by atoms with van der Waals surface area (Å²) in [7, 11) is -3.65. The predicted octanol–water partition coefficient (Wildman–Crippen LogP) is 3.79. The van der Waals surface area contributed by atoms with Gasteiger partial charge in [-0.1, -0.05) is 66.7 Å². The smallest absolute Gasteiger partial charge is 0.315 e. The van der Waals surface area contributed by atoms with E-state index in [-0.39, 0.29) is 18.7 Å². The predicted molar refractivity (Wildman–Crippen MR) is 200 cm³/mol. The number of ketones is 1. The largest absolute Gasteiger partial charge is 0.381 e. The minimum absolute atomic E-state index is 0.0551. The number of nitrogens with zero attached hydrogens (tertiary/aromatic N) is 1. The lowest BCUT2D eigenvalue weighted by Crippen LogP contribution is -2.64. The molecule has 0 bridgehead atoms. The van der Waals surface area contributed by atoms with Crippen LogP contribution in [0, 0.1) is 17.3 Å². The van der Waals surface area contributed by atoms with E-state index in [9.17, 15) is 32.4 Å². The first-order valence-corrected chi connectivity index (χ1v) is 21.3. The van der Waals surface area contributed by atoms with Gasteiger partial charge in [0.15, 0.2) is 9.84 Å². The first-order valence-electron chi connectivity index (χ1n) is 18.9. The van der Waals surface area contributed by atoms with Crippen LogP contribution in [-0.4, -0.2) is 108 Å². The monoisotopic (exact) mass is 791 g/mol. The molecule has 0 spiro atoms. The number of fused-ring (bicyclic) bond motifs is 1. The number of hydrogen-bond acceptors (Lipinski definition) is 8. The average molecular weight is 793 g/mol. The van der Waals surface area contributed by atoms with Gasteiger partial charge in [-0.3, -0.25) is 19.2 Å². The highest BCUT2D eigenvalue weighted by molar-refractivity contribution is 7.92. The van der Waals surface area contributed by atoms with E-state index in [1.54, 1.807) is 27.7 Å². The number of halogens is 2. The molecule has 0 aromatic carbocycles. The van der Waals surface area contributed by atoms with Gasteiger partial charge in [0.25, 0.3) is 5.91 Å². The number of rotatable bonds is 15. The normalized spacial score (nSPS) is 25.9. The van der Waals surface area contributed by atoms with Crippen LogP contribution in [0.3, 0.4) is 0 Å². The molecule has 296 valence electrons. The Bertz CT molecular complexity index is 1460. The fourth-order valence-electron chi connectivity index (χ4n) is 7.96. The molecular formula is C36H59Cl2N5O8S. The van der Waals surface area contributed by atoms with Crippen LogP contribution in [0.2, 0.25) is 0 Å². The van der Waals surface area contributed by atoms with Crippen molar-refractivity contribution in [1.82, 2.24) is 26.2 Å². The number of amides is 5. The lowest BCUT2D eigenvalue weighted by Gasteiger charge is -2.42. The molecule has 16 heteroatoms. The van der Waals surface area contributed by atoms with Crippen molar-refractivity contribution in [3.05, 3.63) is 0 Å². The molecule has 52 heavy (non-hydrogen) atoms. The molecule has 4 rings (SSSR count). The van der Waals surface area contributed by atoms with Gasteiger partial charge in [-0.05, 0) is 50.9 Å². The Hall–Kier alpha value is -2.16. The average Bonchev–Trinajstić information content (AvgIpc) is 3.37. The Morgan fingerprint density at radius 3 is 2.15 bits per heavy atom. The van der Waals surface area contributed by atoms with Crippen molar-refractivity contribution in [2.75, 3.05) is 32.1 Å². The summed E-state index contributed by atoms with van der Waals surface area (Å²) in [6.45, 7) is 12.0. The van der Waals surface area contributed by atoms with E-state index in [0.29, 0.717) is 58.3 Å². The summed E-state index contributed by atoms with van der Waals surface area (Å²) in [5.41, 5.74) is -1.84. The topological polar surface area (TPSA) is 180 Å². The Labute approximate surface area is 319 Å². The van der Waals surface area contributed by atoms with E-state index in [1.165, 1.54) is 4.90 Å². The maximum absolute atomic E-state index is 14.5. The van der Waals surface area contributed by atoms with Crippen LogP contribution in [0.5, 0.6) is 0 Å². The molecule has 4 fully saturated rings. The van der Waals surface area contributed by atoms with Gasteiger partial charge in [0.1, 0.15) is 16.4 Å². The number of unbranched alkanes of at least 4 members (excludes halogenated alkanes) is 1. The van der Waals surface area contributed by atoms with Crippen LogP contribution in [0.4, 0.5) is 4.79 Å². The lowest BCUT2D eigenvalue weighted by molar-refractivity contribution is -0.144. The molecule has 0 radical (unpaired) electrons. The summed E-state index contributed by atoms with van der Waals surface area (Å²) < 4.78 is 31.0. The summed E-state index contributed by atoms with van der Waals surface area (Å²) in [4.78, 5) is 69.5. The molecule has 4 aliphatic rings. The lowest BCUT2D eigenvalue weighted by atomic mass is 9.83. The van der Waals surface area contributed by atoms with Crippen molar-refractivity contribution in [3.8, 4) is 0 Å². The van der Waals surface area contributed by atoms with Gasteiger partial charge in [-0.2, -0.15) is 0 Å². The molecule has 2 aliphatic heterocycles. The van der Waals surface area contributed by atoms with Gasteiger partial charge in [-0.15, -0.1) is 23.2 Å². The highest BCUT2D eigenvalue weighted by Crippen LogP contribution is 2.65. The minimum atomic E-state index is -3.65. The zero-order valence-corrected chi connectivity index (χ0v) is 33.9. The third-order valence-electron chi connectivity index (χ3n) is 11.5. The molecule has 13 nitrogen and oxygen atoms in total. The first-order chi connectivity index (χ1) is 24.2. The number of urea groups is 1. The zero-order chi connectivity index (χ0) is 38.7. The second kappa shape index (κ2) is 16.7. The zero-order valence-electron chi connectivity index (χ0n) is 31.6. The second-order valence-corrected chi connectivity index (χ2v) is 20.6. The summed E-state index contributed by atoms with van der Waals surface area (Å²) in [6, 6.07) is -4.04. The molecule has 0 unspecified atom stereocenters. The number of ether oxygens (including phenoxy) is 1. The maximum atomic E-state index is 14.5. The minimum Gasteiger partial charge on any atom is -0.381 e. The Morgan fingerprint density at radius 2 is 1.58 bits per heavy atom. The molecule has 2 heterocycles. The van der Waals surface area contributed by atoms with Gasteiger partial charge in [0.05, 0.1) is 22.1 Å². The van der Waals surface area contributed by atoms with Crippen molar-refractivity contribution in [2.45, 2.75) is 145 Å². The Morgan fingerprint density at radius 1 is 0.942 bits per heavy atom. The number of alkyl halides is 2. The molecule has 2 aliphatic carbocycles. The second-order valence-electron chi connectivity index (χ2n) is 16.6. The van der Waals surface area contributed by atoms with Crippen molar-refractivity contribution in [2.24, 2.45) is 17.3 Å². The molecule has 4 N–H and O–H groups in total. The van der Waals surface area contributed by atoms with E-state index in [1.807, 2.05) is 13.8 Å². The van der Waals surface area contributed by atoms with E-state index >= 15 is 0 Å². The Kier molecular flexibility index (Phi) is 13.7. The number of carbonyl (C=O) groups is 5. The van der Waals surface area contributed by atoms with Crippen LogP contribution >= 0.6 is 23.2 Å². The molecule has 5 amide bonds. The van der Waals surface area contributed by atoms with E-state index in [4.69, 9.17) is 27.9 Å². The standard InChI is InChI=1S/C36H59Cl2N5O8S/c1-7-9-13-24(27(44)30(46)39-18-8-2)40-29(45)26-25-23(36(25,37)38)21-43(26)31(47)28(33(3,4)5)41-32(48)42-35(14-11-10-12-15-35)22-52(49,50)34(6)16-19-51-20-17-34/h23-26,28H,7-22H2,1-6H3,(H,39,46)(H,40,45)(H2,41,42,48)/t23-,24-,25-,26-,28+/m0/s1. The maximum Gasteiger partial charge on any atom is 0.315 e. The number of sulfone groups is 1. The summed E-state index contributed by atoms with van der Waals surface area (Å²) in [5.74, 6) is -3.97. The highest BCUT2D eigenvalue weighted by Gasteiger charge is 2.74. The first kappa shape index (κ1) is 42.6. The number of piperidine rings is 1. The number of hydrogen-bond donors (Lipinski definition) is 4.